The molecule has 2 unspecified atom stereocenters. The number of nitrogens with two attached hydrogens (primary N) is 1. The molecule has 7 rings (SSSR count). The molecule has 0 radical (unpaired) electrons. The van der Waals surface area contributed by atoms with E-state index in [0.29, 0.717) is 87.9 Å². The van der Waals surface area contributed by atoms with Gasteiger partial charge in [0.05, 0.1) is 58.6 Å². The molecule has 0 aliphatic heterocycles. The number of aromatic nitrogens is 3. The van der Waals surface area contributed by atoms with Crippen LogP contribution in [0.5, 0.6) is 28.7 Å². The fourth-order valence-electron chi connectivity index (χ4n) is 7.01. The van der Waals surface area contributed by atoms with E-state index in [4.69, 9.17) is 29.4 Å². The number of alkyl halides is 2. The fourth-order valence-corrected chi connectivity index (χ4v) is 8.73. The maximum atomic E-state index is 13.7. The van der Waals surface area contributed by atoms with Crippen molar-refractivity contribution in [2.75, 3.05) is 45.7 Å². The van der Waals surface area contributed by atoms with E-state index >= 15 is 0 Å². The third kappa shape index (κ3) is 16.4. The standard InChI is InChI=1S/C26H26BrFN2O6.C15H14Br2FNO2.C14H10Br2FNO2/c1-26(33,11-10-19(31)15-5-7-20(22(13-15)35-3)36-14-24(29)32)23-9-8-21(34-2)25(30-23)16-4-6-18(28)17(27)12-16;1-15(20,8-16)13-6-5-12(21-2)14(19-13)9-3-4-11(18)10(17)7-9;1-20-13-5-4-11(12(19)7-15)18-14(13)8-2-3-10(17)9(16)6-8/h4-9,12-13,33H,10-11,14H2,1-3H3,(H2,29,32);3-7,20H,8H2,1-2H3;2-6H,7H2,1H3. The Morgan fingerprint density at radius 3 is 1.36 bits per heavy atom. The van der Waals surface area contributed by atoms with Crippen LogP contribution in [0.2, 0.25) is 0 Å². The van der Waals surface area contributed by atoms with Crippen LogP contribution in [0.25, 0.3) is 33.8 Å². The molecule has 14 nitrogen and oxygen atoms in total. The summed E-state index contributed by atoms with van der Waals surface area (Å²) in [6.07, 6.45) is 0.0999. The van der Waals surface area contributed by atoms with Gasteiger partial charge in [-0.2, -0.15) is 0 Å². The number of Topliss-reactive ketones (excluding diaryl/α,β-unsaturated/α-hetero) is 2. The van der Waals surface area contributed by atoms with Crippen LogP contribution in [0.1, 0.15) is 58.9 Å². The second-order valence-electron chi connectivity index (χ2n) is 16.9. The van der Waals surface area contributed by atoms with Gasteiger partial charge in [0.15, 0.2) is 29.7 Å². The van der Waals surface area contributed by atoms with Crippen LogP contribution in [0.3, 0.4) is 0 Å². The van der Waals surface area contributed by atoms with Crippen LogP contribution >= 0.6 is 79.6 Å². The number of nitrogens with zero attached hydrogens (tertiary/aromatic N) is 3. The zero-order chi connectivity index (χ0) is 56.8. The summed E-state index contributed by atoms with van der Waals surface area (Å²) in [5.41, 5.74) is 7.53. The molecule has 22 heteroatoms. The topological polar surface area (TPSA) is 203 Å². The molecule has 0 saturated heterocycles. The van der Waals surface area contributed by atoms with Gasteiger partial charge in [0.1, 0.15) is 68.7 Å². The van der Waals surface area contributed by atoms with Crippen molar-refractivity contribution in [3.63, 3.8) is 0 Å². The molecule has 4 aromatic carbocycles. The summed E-state index contributed by atoms with van der Waals surface area (Å²) in [5.74, 6) is -0.0246. The molecule has 0 aliphatic rings. The lowest BCUT2D eigenvalue weighted by molar-refractivity contribution is -0.120. The number of ether oxygens (including phenoxy) is 5. The minimum Gasteiger partial charge on any atom is -0.494 e. The summed E-state index contributed by atoms with van der Waals surface area (Å²) >= 11 is 15.8. The van der Waals surface area contributed by atoms with Gasteiger partial charge in [-0.25, -0.2) is 28.1 Å². The van der Waals surface area contributed by atoms with Crippen LogP contribution < -0.4 is 29.4 Å². The average Bonchev–Trinajstić information content (AvgIpc) is 3.44. The Bertz CT molecular complexity index is 3260. The molecule has 0 saturated carbocycles. The molecule has 7 aromatic rings. The van der Waals surface area contributed by atoms with Gasteiger partial charge < -0.3 is 39.6 Å². The lowest BCUT2D eigenvalue weighted by atomic mass is 9.92. The molecule has 1 amide bonds. The number of primary amides is 1. The molecule has 4 N–H and O–H groups in total. The quantitative estimate of drug-likeness (QED) is 0.0510. The number of amides is 1. The highest BCUT2D eigenvalue weighted by molar-refractivity contribution is 9.11. The first kappa shape index (κ1) is 62.1. The second-order valence-corrected chi connectivity index (χ2v) is 20.6. The average molecular weight is 1380 g/mol. The second kappa shape index (κ2) is 28.2. The van der Waals surface area contributed by atoms with Crippen LogP contribution in [0.4, 0.5) is 13.2 Å². The number of carbonyl (C=O) groups is 3. The van der Waals surface area contributed by atoms with Crippen molar-refractivity contribution >= 4 is 97.1 Å². The summed E-state index contributed by atoms with van der Waals surface area (Å²) in [6.45, 7) is 2.92. The number of carbonyl (C=O) groups excluding carboxylic acids is 3. The monoisotopic (exact) mass is 1380 g/mol. The third-order valence-electron chi connectivity index (χ3n) is 11.3. The summed E-state index contributed by atoms with van der Waals surface area (Å²) in [7, 11) is 5.97. The smallest absolute Gasteiger partial charge is 0.255 e. The minimum atomic E-state index is -1.44. The van der Waals surface area contributed by atoms with E-state index in [1.165, 1.54) is 51.7 Å². The van der Waals surface area contributed by atoms with Crippen molar-refractivity contribution in [2.24, 2.45) is 5.73 Å². The zero-order valence-electron chi connectivity index (χ0n) is 42.0. The number of methoxy groups -OCH3 is 4. The number of halogens is 8. The van der Waals surface area contributed by atoms with E-state index in [1.807, 2.05) is 0 Å². The van der Waals surface area contributed by atoms with Crippen LogP contribution in [-0.2, 0) is 16.0 Å². The van der Waals surface area contributed by atoms with Gasteiger partial charge in [-0.05, 0) is 177 Å². The highest BCUT2D eigenvalue weighted by Gasteiger charge is 2.29. The molecule has 0 bridgehead atoms. The lowest BCUT2D eigenvalue weighted by Gasteiger charge is -2.24. The summed E-state index contributed by atoms with van der Waals surface area (Å²) in [4.78, 5) is 48.9. The number of ketones is 2. The van der Waals surface area contributed by atoms with Gasteiger partial charge in [-0.15, -0.1) is 0 Å². The lowest BCUT2D eigenvalue weighted by Crippen LogP contribution is -2.24. The molecule has 2 atom stereocenters. The molecule has 0 spiro atoms. The van der Waals surface area contributed by atoms with Gasteiger partial charge in [-0.1, -0.05) is 31.9 Å². The maximum Gasteiger partial charge on any atom is 0.255 e. The van der Waals surface area contributed by atoms with Crippen LogP contribution in [0.15, 0.2) is 123 Å². The van der Waals surface area contributed by atoms with Crippen LogP contribution in [0, 0.1) is 17.5 Å². The molecule has 406 valence electrons. The number of hydrogen-bond acceptors (Lipinski definition) is 13. The summed E-state index contributed by atoms with van der Waals surface area (Å²) < 4.78 is 67.8. The van der Waals surface area contributed by atoms with E-state index in [2.05, 4.69) is 94.6 Å². The normalized spacial score (nSPS) is 12.3. The summed E-state index contributed by atoms with van der Waals surface area (Å²) in [6, 6.07) is 28.2. The highest BCUT2D eigenvalue weighted by atomic mass is 79.9. The van der Waals surface area contributed by atoms with Crippen LogP contribution in [-0.4, -0.2) is 88.3 Å². The van der Waals surface area contributed by atoms with Gasteiger partial charge in [0, 0.05) is 34.0 Å². The number of rotatable bonds is 19. The summed E-state index contributed by atoms with van der Waals surface area (Å²) in [5, 5.41) is 22.0. The molecule has 0 fully saturated rings. The number of benzene rings is 4. The van der Waals surface area contributed by atoms with Gasteiger partial charge in [-0.3, -0.25) is 14.4 Å². The molecular weight excluding hydrogens is 1330 g/mol. The highest BCUT2D eigenvalue weighted by Crippen LogP contribution is 2.37. The van der Waals surface area contributed by atoms with Crippen molar-refractivity contribution in [1.29, 1.82) is 0 Å². The molecular formula is C55H50Br5F3N4O10. The zero-order valence-corrected chi connectivity index (χ0v) is 50.0. The Hall–Kier alpha value is -5.75. The maximum absolute atomic E-state index is 13.7. The van der Waals surface area contributed by atoms with Crippen molar-refractivity contribution in [3.05, 3.63) is 163 Å². The van der Waals surface area contributed by atoms with Gasteiger partial charge in [0.2, 0.25) is 0 Å². The number of pyridine rings is 3. The Balaban J connectivity index is 0.000000228. The number of hydrogen-bond donors (Lipinski definition) is 3. The van der Waals surface area contributed by atoms with E-state index in [9.17, 15) is 37.8 Å². The minimum absolute atomic E-state index is 0.0166. The van der Waals surface area contributed by atoms with E-state index < -0.39 is 22.9 Å². The first-order valence-electron chi connectivity index (χ1n) is 22.8. The van der Waals surface area contributed by atoms with E-state index in [1.54, 1.807) is 99.8 Å². The molecule has 3 aromatic heterocycles. The van der Waals surface area contributed by atoms with Crippen molar-refractivity contribution in [2.45, 2.75) is 37.9 Å². The Morgan fingerprint density at radius 2 is 0.961 bits per heavy atom. The van der Waals surface area contributed by atoms with Crippen molar-refractivity contribution in [3.8, 4) is 62.5 Å². The Morgan fingerprint density at radius 1 is 0.545 bits per heavy atom. The molecule has 0 aliphatic carbocycles. The van der Waals surface area contributed by atoms with Gasteiger partial charge >= 0.3 is 0 Å². The third-order valence-corrected chi connectivity index (χ3v) is 14.7. The largest absolute Gasteiger partial charge is 0.494 e. The Kier molecular flexibility index (Phi) is 22.8. The fraction of sp³-hybridized carbons (Fsp3) is 0.236. The van der Waals surface area contributed by atoms with E-state index in [-0.39, 0.29) is 64.0 Å². The predicted molar refractivity (Wildman–Crippen MR) is 304 cm³/mol. The molecule has 3 heterocycles. The first-order valence-corrected chi connectivity index (χ1v) is 27.4. The van der Waals surface area contributed by atoms with Crippen molar-refractivity contribution in [1.82, 2.24) is 15.0 Å². The van der Waals surface area contributed by atoms with Crippen molar-refractivity contribution < 1.29 is 61.5 Å². The van der Waals surface area contributed by atoms with Gasteiger partial charge in [0.25, 0.3) is 5.91 Å². The molecule has 77 heavy (non-hydrogen) atoms. The SMILES string of the molecule is COc1cc(C(=O)CCC(C)(O)c2ccc(OC)c(-c3ccc(F)c(Br)c3)n2)ccc1OCC(N)=O.COc1ccc(C(=O)CBr)nc1-c1ccc(F)c(Br)c1.COc1ccc(C(C)(O)CBr)nc1-c1ccc(F)c(Br)c1. The Labute approximate surface area is 484 Å². The van der Waals surface area contributed by atoms with E-state index in [0.717, 1.165) is 0 Å². The number of aliphatic hydroxyl groups is 2. The predicted octanol–water partition coefficient (Wildman–Crippen LogP) is 12.9. The first-order chi connectivity index (χ1) is 36.5.